The summed E-state index contributed by atoms with van der Waals surface area (Å²) < 4.78 is 53.9. The molecule has 142 valence electrons. The molecule has 0 saturated carbocycles. The molecule has 0 amide bonds. The summed E-state index contributed by atoms with van der Waals surface area (Å²) in [4.78, 5) is -0.0907. The Hall–Kier alpha value is -1.71. The van der Waals surface area contributed by atoms with Gasteiger partial charge in [0.1, 0.15) is 14.4 Å². The van der Waals surface area contributed by atoms with Crippen LogP contribution in [0.4, 0.5) is 0 Å². The van der Waals surface area contributed by atoms with E-state index in [4.69, 9.17) is 11.6 Å². The number of hydrogen-bond donors (Lipinski definition) is 1. The minimum absolute atomic E-state index is 0.0716. The minimum atomic E-state index is -3.97. The molecule has 9 heteroatoms. The minimum Gasteiger partial charge on any atom is -0.222 e. The Bertz CT molecular complexity index is 1110. The van der Waals surface area contributed by atoms with Gasteiger partial charge < -0.3 is 0 Å². The van der Waals surface area contributed by atoms with Crippen LogP contribution < -0.4 is 4.72 Å². The maximum Gasteiger partial charge on any atom is 0.242 e. The highest BCUT2D eigenvalue weighted by Crippen LogP contribution is 2.31. The SMILES string of the molecule is O=S(=O)(NC[C@@H](c1ccccc1)S(=O)(=O)c1cccs1)c1ccccc1Cl. The van der Waals surface area contributed by atoms with Gasteiger partial charge in [-0.1, -0.05) is 60.1 Å². The van der Waals surface area contributed by atoms with Crippen LogP contribution in [0.25, 0.3) is 0 Å². The van der Waals surface area contributed by atoms with E-state index in [2.05, 4.69) is 4.72 Å². The summed E-state index contributed by atoms with van der Waals surface area (Å²) in [6.07, 6.45) is 0. The Morgan fingerprint density at radius 3 is 2.19 bits per heavy atom. The second kappa shape index (κ2) is 8.12. The lowest BCUT2D eigenvalue weighted by molar-refractivity contribution is 0.570. The highest BCUT2D eigenvalue weighted by molar-refractivity contribution is 7.93. The fourth-order valence-corrected chi connectivity index (χ4v) is 7.10. The zero-order valence-electron chi connectivity index (χ0n) is 13.9. The third-order valence-electron chi connectivity index (χ3n) is 3.91. The number of sulfonamides is 1. The Kier molecular flexibility index (Phi) is 6.02. The Balaban J connectivity index is 1.95. The van der Waals surface area contributed by atoms with Crippen molar-refractivity contribution < 1.29 is 16.8 Å². The van der Waals surface area contributed by atoms with Crippen molar-refractivity contribution in [2.45, 2.75) is 14.4 Å². The van der Waals surface area contributed by atoms with Gasteiger partial charge in [0.2, 0.25) is 10.0 Å². The van der Waals surface area contributed by atoms with E-state index in [0.717, 1.165) is 11.3 Å². The van der Waals surface area contributed by atoms with E-state index in [9.17, 15) is 16.8 Å². The third-order valence-corrected chi connectivity index (χ3v) is 9.36. The molecule has 0 fully saturated rings. The molecule has 1 atom stereocenters. The van der Waals surface area contributed by atoms with E-state index in [1.54, 1.807) is 53.9 Å². The molecule has 3 rings (SSSR count). The van der Waals surface area contributed by atoms with Crippen molar-refractivity contribution in [3.05, 3.63) is 82.7 Å². The standard InChI is InChI=1S/C18H16ClNO4S3/c19-15-9-4-5-10-16(15)27(23,24)20-13-17(14-7-2-1-3-8-14)26(21,22)18-11-6-12-25-18/h1-12,17,20H,13H2/t17-/m0/s1. The second-order valence-corrected chi connectivity index (χ2v) is 11.1. The number of halogens is 1. The largest absolute Gasteiger partial charge is 0.242 e. The fourth-order valence-electron chi connectivity index (χ4n) is 2.57. The summed E-state index contributed by atoms with van der Waals surface area (Å²) in [5.74, 6) is 0. The maximum atomic E-state index is 13.1. The van der Waals surface area contributed by atoms with Crippen LogP contribution in [-0.2, 0) is 19.9 Å². The monoisotopic (exact) mass is 441 g/mol. The zero-order chi connectivity index (χ0) is 19.5. The van der Waals surface area contributed by atoms with Crippen LogP contribution in [0.3, 0.4) is 0 Å². The molecule has 0 saturated heterocycles. The fraction of sp³-hybridized carbons (Fsp3) is 0.111. The molecular weight excluding hydrogens is 426 g/mol. The van der Waals surface area contributed by atoms with Crippen LogP contribution in [0.2, 0.25) is 5.02 Å². The molecule has 1 N–H and O–H groups in total. The molecular formula is C18H16ClNO4S3. The van der Waals surface area contributed by atoms with E-state index in [1.807, 2.05) is 0 Å². The Morgan fingerprint density at radius 1 is 0.889 bits per heavy atom. The summed E-state index contributed by atoms with van der Waals surface area (Å²) in [6.45, 7) is -0.308. The van der Waals surface area contributed by atoms with Crippen molar-refractivity contribution in [2.24, 2.45) is 0 Å². The van der Waals surface area contributed by atoms with Gasteiger partial charge in [-0.05, 0) is 29.1 Å². The van der Waals surface area contributed by atoms with Crippen molar-refractivity contribution in [2.75, 3.05) is 6.54 Å². The van der Waals surface area contributed by atoms with E-state index in [-0.39, 0.29) is 20.7 Å². The molecule has 0 aliphatic carbocycles. The first-order chi connectivity index (χ1) is 12.8. The number of benzene rings is 2. The molecule has 1 aromatic heterocycles. The van der Waals surface area contributed by atoms with Crippen LogP contribution in [0.1, 0.15) is 10.8 Å². The van der Waals surface area contributed by atoms with E-state index >= 15 is 0 Å². The van der Waals surface area contributed by atoms with Crippen LogP contribution in [-0.4, -0.2) is 23.4 Å². The lowest BCUT2D eigenvalue weighted by atomic mass is 10.1. The zero-order valence-corrected chi connectivity index (χ0v) is 17.2. The smallest absolute Gasteiger partial charge is 0.222 e. The summed E-state index contributed by atoms with van der Waals surface area (Å²) in [5.41, 5.74) is 0.507. The van der Waals surface area contributed by atoms with Crippen LogP contribution >= 0.6 is 22.9 Å². The van der Waals surface area contributed by atoms with Crippen molar-refractivity contribution in [3.8, 4) is 0 Å². The third kappa shape index (κ3) is 4.41. The van der Waals surface area contributed by atoms with Crippen LogP contribution in [0.15, 0.2) is 81.2 Å². The van der Waals surface area contributed by atoms with Gasteiger partial charge in [0.05, 0.1) is 5.02 Å². The quantitative estimate of drug-likeness (QED) is 0.603. The number of rotatable bonds is 7. The molecule has 0 aliphatic heterocycles. The molecule has 3 aromatic rings. The summed E-state index contributed by atoms with van der Waals surface area (Å²) in [6, 6.07) is 17.7. The number of hydrogen-bond acceptors (Lipinski definition) is 5. The van der Waals surface area contributed by atoms with Gasteiger partial charge in [-0.15, -0.1) is 11.3 Å². The first-order valence-electron chi connectivity index (χ1n) is 7.89. The van der Waals surface area contributed by atoms with Gasteiger partial charge >= 0.3 is 0 Å². The van der Waals surface area contributed by atoms with Gasteiger partial charge in [-0.2, -0.15) is 0 Å². The Labute approximate surface area is 167 Å². The molecule has 0 radical (unpaired) electrons. The Morgan fingerprint density at radius 2 is 1.56 bits per heavy atom. The highest BCUT2D eigenvalue weighted by Gasteiger charge is 2.31. The molecule has 27 heavy (non-hydrogen) atoms. The van der Waals surface area contributed by atoms with Crippen molar-refractivity contribution >= 4 is 42.8 Å². The lowest BCUT2D eigenvalue weighted by Gasteiger charge is -2.18. The first kappa shape index (κ1) is 20.0. The summed E-state index contributed by atoms with van der Waals surface area (Å²) >= 11 is 7.08. The average Bonchev–Trinajstić information content (AvgIpc) is 3.18. The first-order valence-corrected chi connectivity index (χ1v) is 12.2. The summed E-state index contributed by atoms with van der Waals surface area (Å²) in [7, 11) is -7.73. The molecule has 1 heterocycles. The van der Waals surface area contributed by atoms with E-state index in [1.165, 1.54) is 18.2 Å². The van der Waals surface area contributed by atoms with Gasteiger partial charge in [0.15, 0.2) is 9.84 Å². The molecule has 5 nitrogen and oxygen atoms in total. The number of thiophene rings is 1. The second-order valence-electron chi connectivity index (χ2n) is 5.66. The van der Waals surface area contributed by atoms with Crippen molar-refractivity contribution in [3.63, 3.8) is 0 Å². The van der Waals surface area contributed by atoms with Crippen molar-refractivity contribution in [1.29, 1.82) is 0 Å². The summed E-state index contributed by atoms with van der Waals surface area (Å²) in [5, 5.41) is 0.681. The predicted molar refractivity (Wildman–Crippen MR) is 107 cm³/mol. The van der Waals surface area contributed by atoms with Gasteiger partial charge in [-0.25, -0.2) is 21.6 Å². The van der Waals surface area contributed by atoms with E-state index in [0.29, 0.717) is 5.56 Å². The number of sulfone groups is 1. The van der Waals surface area contributed by atoms with Crippen LogP contribution in [0, 0.1) is 0 Å². The van der Waals surface area contributed by atoms with Gasteiger partial charge in [-0.3, -0.25) is 0 Å². The normalized spacial score (nSPS) is 13.4. The molecule has 0 aliphatic rings. The average molecular weight is 442 g/mol. The topological polar surface area (TPSA) is 80.3 Å². The molecule has 0 unspecified atom stereocenters. The predicted octanol–water partition coefficient (Wildman–Crippen LogP) is 3.90. The van der Waals surface area contributed by atoms with Gasteiger partial charge in [0, 0.05) is 6.54 Å². The molecule has 0 bridgehead atoms. The van der Waals surface area contributed by atoms with Gasteiger partial charge in [0.25, 0.3) is 0 Å². The lowest BCUT2D eigenvalue weighted by Crippen LogP contribution is -2.32. The number of nitrogens with one attached hydrogen (secondary N) is 1. The van der Waals surface area contributed by atoms with Crippen LogP contribution in [0.5, 0.6) is 0 Å². The molecule has 0 spiro atoms. The highest BCUT2D eigenvalue weighted by atomic mass is 35.5. The van der Waals surface area contributed by atoms with E-state index < -0.39 is 25.1 Å². The maximum absolute atomic E-state index is 13.1. The van der Waals surface area contributed by atoms with Crippen molar-refractivity contribution in [1.82, 2.24) is 4.72 Å². The molecule has 2 aromatic carbocycles.